The van der Waals surface area contributed by atoms with E-state index in [4.69, 9.17) is 9.15 Å². The summed E-state index contributed by atoms with van der Waals surface area (Å²) in [6, 6.07) is 5.45. The number of ether oxygens (including phenoxy) is 1. The first-order valence-corrected chi connectivity index (χ1v) is 7.88. The quantitative estimate of drug-likeness (QED) is 0.839. The molecule has 1 aromatic carbocycles. The highest BCUT2D eigenvalue weighted by atomic mass is 16.5. The highest BCUT2D eigenvalue weighted by molar-refractivity contribution is 5.79. The number of benzene rings is 1. The molecular weight excluding hydrogens is 264 g/mol. The predicted molar refractivity (Wildman–Crippen MR) is 84.2 cm³/mol. The maximum atomic E-state index is 12.7. The second kappa shape index (κ2) is 5.92. The summed E-state index contributed by atoms with van der Waals surface area (Å²) in [5, 5.41) is 0.659. The summed E-state index contributed by atoms with van der Waals surface area (Å²) in [7, 11) is 1.63. The Bertz CT molecular complexity index is 693. The average Bonchev–Trinajstić information content (AvgIpc) is 2.55. The molecule has 0 bridgehead atoms. The summed E-state index contributed by atoms with van der Waals surface area (Å²) in [5.41, 5.74) is 1.64. The van der Waals surface area contributed by atoms with Crippen LogP contribution in [-0.2, 0) is 6.42 Å². The smallest absolute Gasteiger partial charge is 0.196 e. The van der Waals surface area contributed by atoms with Crippen molar-refractivity contribution in [3.8, 4) is 5.75 Å². The molecule has 0 spiro atoms. The fourth-order valence-electron chi connectivity index (χ4n) is 3.39. The topological polar surface area (TPSA) is 39.4 Å². The lowest BCUT2D eigenvalue weighted by molar-refractivity contribution is 0.374. The van der Waals surface area contributed by atoms with Crippen LogP contribution in [0.1, 0.15) is 56.3 Å². The van der Waals surface area contributed by atoms with E-state index >= 15 is 0 Å². The van der Waals surface area contributed by atoms with E-state index in [1.54, 1.807) is 7.11 Å². The molecule has 0 unspecified atom stereocenters. The van der Waals surface area contributed by atoms with Gasteiger partial charge in [0, 0.05) is 17.5 Å². The zero-order valence-electron chi connectivity index (χ0n) is 12.8. The van der Waals surface area contributed by atoms with Gasteiger partial charge < -0.3 is 9.15 Å². The number of methoxy groups -OCH3 is 1. The molecule has 0 N–H and O–H groups in total. The van der Waals surface area contributed by atoms with Crippen LogP contribution in [0, 0.1) is 0 Å². The second-order valence-electron chi connectivity index (χ2n) is 5.82. The number of fused-ring (bicyclic) bond motifs is 1. The van der Waals surface area contributed by atoms with Crippen LogP contribution >= 0.6 is 0 Å². The van der Waals surface area contributed by atoms with Crippen molar-refractivity contribution < 1.29 is 9.15 Å². The first-order chi connectivity index (χ1) is 10.2. The minimum Gasteiger partial charge on any atom is -0.497 e. The number of hydrogen-bond donors (Lipinski definition) is 0. The van der Waals surface area contributed by atoms with Gasteiger partial charge in [-0.15, -0.1) is 0 Å². The molecule has 1 saturated carbocycles. The van der Waals surface area contributed by atoms with E-state index in [0.717, 1.165) is 36.3 Å². The molecule has 2 aromatic rings. The predicted octanol–water partition coefficient (Wildman–Crippen LogP) is 4.41. The summed E-state index contributed by atoms with van der Waals surface area (Å²) < 4.78 is 11.4. The van der Waals surface area contributed by atoms with Crippen LogP contribution in [0.25, 0.3) is 11.0 Å². The lowest BCUT2D eigenvalue weighted by Gasteiger charge is -2.22. The van der Waals surface area contributed by atoms with Gasteiger partial charge in [0.05, 0.1) is 12.5 Å². The fourth-order valence-corrected chi connectivity index (χ4v) is 3.39. The van der Waals surface area contributed by atoms with E-state index in [-0.39, 0.29) is 5.43 Å². The first kappa shape index (κ1) is 14.2. The van der Waals surface area contributed by atoms with Crippen LogP contribution in [0.5, 0.6) is 5.75 Å². The minimum absolute atomic E-state index is 0.127. The average molecular weight is 286 g/mol. The molecule has 1 aliphatic carbocycles. The molecule has 3 heteroatoms. The van der Waals surface area contributed by atoms with E-state index in [1.807, 2.05) is 25.1 Å². The monoisotopic (exact) mass is 286 g/mol. The van der Waals surface area contributed by atoms with Crippen LogP contribution in [-0.4, -0.2) is 7.11 Å². The number of rotatable bonds is 3. The highest BCUT2D eigenvalue weighted by Gasteiger charge is 2.23. The summed E-state index contributed by atoms with van der Waals surface area (Å²) >= 11 is 0. The van der Waals surface area contributed by atoms with Crippen LogP contribution in [0.15, 0.2) is 27.4 Å². The summed E-state index contributed by atoms with van der Waals surface area (Å²) in [4.78, 5) is 12.7. The van der Waals surface area contributed by atoms with E-state index in [1.165, 1.54) is 19.3 Å². The maximum Gasteiger partial charge on any atom is 0.196 e. The fraction of sp³-hybridized carbons (Fsp3) is 0.500. The largest absolute Gasteiger partial charge is 0.497 e. The van der Waals surface area contributed by atoms with Crippen molar-refractivity contribution in [3.05, 3.63) is 39.7 Å². The highest BCUT2D eigenvalue weighted by Crippen LogP contribution is 2.35. The molecule has 0 saturated heterocycles. The molecular formula is C18H22O3. The summed E-state index contributed by atoms with van der Waals surface area (Å²) in [6.07, 6.45) is 6.75. The lowest BCUT2D eigenvalue weighted by Crippen LogP contribution is -2.16. The third-order valence-corrected chi connectivity index (χ3v) is 4.55. The van der Waals surface area contributed by atoms with E-state index in [0.29, 0.717) is 16.9 Å². The van der Waals surface area contributed by atoms with Crippen LogP contribution in [0.4, 0.5) is 0 Å². The van der Waals surface area contributed by atoms with Gasteiger partial charge in [0.15, 0.2) is 5.43 Å². The molecule has 3 rings (SSSR count). The Morgan fingerprint density at radius 2 is 2.00 bits per heavy atom. The van der Waals surface area contributed by atoms with Crippen molar-refractivity contribution in [2.75, 3.05) is 7.11 Å². The van der Waals surface area contributed by atoms with Crippen molar-refractivity contribution in [1.29, 1.82) is 0 Å². The number of hydrogen-bond acceptors (Lipinski definition) is 3. The lowest BCUT2D eigenvalue weighted by atomic mass is 9.85. The van der Waals surface area contributed by atoms with E-state index in [2.05, 4.69) is 0 Å². The van der Waals surface area contributed by atoms with Gasteiger partial charge in [-0.25, -0.2) is 0 Å². The van der Waals surface area contributed by atoms with Gasteiger partial charge in [0.25, 0.3) is 0 Å². The third-order valence-electron chi connectivity index (χ3n) is 4.55. The van der Waals surface area contributed by atoms with Crippen molar-refractivity contribution in [2.24, 2.45) is 0 Å². The van der Waals surface area contributed by atoms with Crippen molar-refractivity contribution >= 4 is 11.0 Å². The van der Waals surface area contributed by atoms with Crippen LogP contribution in [0.2, 0.25) is 0 Å². The van der Waals surface area contributed by atoms with Gasteiger partial charge in [0.1, 0.15) is 17.1 Å². The van der Waals surface area contributed by atoms with Crippen molar-refractivity contribution in [2.45, 2.75) is 51.4 Å². The first-order valence-electron chi connectivity index (χ1n) is 7.88. The third kappa shape index (κ3) is 2.57. The molecule has 21 heavy (non-hydrogen) atoms. The zero-order chi connectivity index (χ0) is 14.8. The molecule has 112 valence electrons. The summed E-state index contributed by atoms with van der Waals surface area (Å²) in [6.45, 7) is 2.04. The van der Waals surface area contributed by atoms with Crippen LogP contribution in [0.3, 0.4) is 0 Å². The molecule has 0 radical (unpaired) electrons. The summed E-state index contributed by atoms with van der Waals surface area (Å²) in [5.74, 6) is 2.05. The van der Waals surface area contributed by atoms with Gasteiger partial charge >= 0.3 is 0 Å². The van der Waals surface area contributed by atoms with Gasteiger partial charge in [-0.3, -0.25) is 4.79 Å². The van der Waals surface area contributed by atoms with Gasteiger partial charge in [-0.2, -0.15) is 0 Å². The SMILES string of the molecule is CCc1c(C2CCCCC2)oc2cc(OC)ccc2c1=O. The molecule has 1 heterocycles. The Labute approximate surface area is 124 Å². The minimum atomic E-state index is 0.127. The Morgan fingerprint density at radius 1 is 1.24 bits per heavy atom. The molecule has 1 aromatic heterocycles. The van der Waals surface area contributed by atoms with Gasteiger partial charge in [-0.05, 0) is 31.4 Å². The van der Waals surface area contributed by atoms with Gasteiger partial charge in [0.2, 0.25) is 0 Å². The van der Waals surface area contributed by atoms with Crippen molar-refractivity contribution in [3.63, 3.8) is 0 Å². The Kier molecular flexibility index (Phi) is 4.00. The maximum absolute atomic E-state index is 12.7. The van der Waals surface area contributed by atoms with Gasteiger partial charge in [-0.1, -0.05) is 26.2 Å². The Morgan fingerprint density at radius 3 is 2.67 bits per heavy atom. The Balaban J connectivity index is 2.19. The van der Waals surface area contributed by atoms with Crippen LogP contribution < -0.4 is 10.2 Å². The molecule has 0 amide bonds. The molecule has 0 atom stereocenters. The Hall–Kier alpha value is -1.77. The molecule has 3 nitrogen and oxygen atoms in total. The normalized spacial score (nSPS) is 16.3. The van der Waals surface area contributed by atoms with E-state index < -0.39 is 0 Å². The molecule has 0 aliphatic heterocycles. The van der Waals surface area contributed by atoms with Crippen molar-refractivity contribution in [1.82, 2.24) is 0 Å². The standard InChI is InChI=1S/C18H22O3/c1-3-14-17(19)15-10-9-13(20-2)11-16(15)21-18(14)12-7-5-4-6-8-12/h9-12H,3-8H2,1-2H3. The second-order valence-corrected chi connectivity index (χ2v) is 5.82. The molecule has 1 aliphatic rings. The van der Waals surface area contributed by atoms with E-state index in [9.17, 15) is 4.79 Å². The molecule has 1 fully saturated rings. The zero-order valence-corrected chi connectivity index (χ0v) is 12.8.